The monoisotopic (exact) mass is 805 g/mol. The van der Waals surface area contributed by atoms with Gasteiger partial charge in [0, 0.05) is 54.5 Å². The van der Waals surface area contributed by atoms with E-state index in [4.69, 9.17) is 25.7 Å². The summed E-state index contributed by atoms with van der Waals surface area (Å²) in [6.45, 7) is 7.22. The Kier molecular flexibility index (Phi) is 11.9. The summed E-state index contributed by atoms with van der Waals surface area (Å²) < 4.78 is 19.8. The Hall–Kier alpha value is -4.67. The summed E-state index contributed by atoms with van der Waals surface area (Å²) in [5, 5.41) is 44.4. The zero-order valence-electron chi connectivity index (χ0n) is 35.0. The maximum absolute atomic E-state index is 12.1. The third-order valence-corrected chi connectivity index (χ3v) is 14.1. The number of aliphatic imine (C=N–C) groups is 1. The lowest BCUT2D eigenvalue weighted by molar-refractivity contribution is 0.0180. The van der Waals surface area contributed by atoms with Crippen molar-refractivity contribution < 1.29 is 34.6 Å². The van der Waals surface area contributed by atoms with Crippen molar-refractivity contribution in [1.82, 2.24) is 0 Å². The molecule has 3 aromatic rings. The van der Waals surface area contributed by atoms with Gasteiger partial charge in [0.15, 0.2) is 17.5 Å². The molecule has 3 aromatic carbocycles. The van der Waals surface area contributed by atoms with Crippen molar-refractivity contribution in [2.75, 3.05) is 20.3 Å². The molecule has 59 heavy (non-hydrogen) atoms. The van der Waals surface area contributed by atoms with Gasteiger partial charge in [-0.15, -0.1) is 0 Å². The van der Waals surface area contributed by atoms with E-state index in [9.17, 15) is 20.4 Å². The number of nitrogens with zero attached hydrogens (tertiary/aromatic N) is 1. The van der Waals surface area contributed by atoms with Crippen LogP contribution in [0.15, 0.2) is 65.7 Å². The number of nitrogens with two attached hydrogens (primary N) is 2. The van der Waals surface area contributed by atoms with E-state index >= 15 is 0 Å². The lowest BCUT2D eigenvalue weighted by atomic mass is 9.65. The van der Waals surface area contributed by atoms with Crippen LogP contribution in [-0.2, 0) is 19.3 Å². The van der Waals surface area contributed by atoms with Crippen LogP contribution in [-0.4, -0.2) is 58.9 Å². The lowest BCUT2D eigenvalue weighted by Crippen LogP contribution is -2.44. The quantitative estimate of drug-likeness (QED) is 0.0605. The fraction of sp³-hybridized carbons (Fsp3) is 0.531. The zero-order valence-corrected chi connectivity index (χ0v) is 35.0. The first-order chi connectivity index (χ1) is 28.5. The summed E-state index contributed by atoms with van der Waals surface area (Å²) in [6.07, 6.45) is 15.1. The Labute approximate surface area is 349 Å². The first kappa shape index (κ1) is 41.1. The standard InChI is InChI=1S/C49H63N3O7/c1-5-27-18-30(11-9-28(27)15-16-53)36-19-33-21-40(55)34(17-26(2)3)20-37(33)46-44(57-4)24-42-38(45(36)46)23-41(56)48(58-42)31-13-14-39(54)43(22-31)59-47-29-7-6-8-35(47)32(12-10-29)25-52-49(50)51/h9-14,20-22,24,26-30,32,35-36,41,47-48,53-56H,5-8,15-19,23,25H2,1-4H3,(H4,50,51,52). The Morgan fingerprint density at radius 2 is 1.75 bits per heavy atom. The number of phenolic OH excluding ortho intramolecular Hbond substituents is 2. The molecule has 0 amide bonds. The van der Waals surface area contributed by atoms with Crippen molar-refractivity contribution in [3.63, 3.8) is 0 Å². The van der Waals surface area contributed by atoms with E-state index in [2.05, 4.69) is 56.1 Å². The number of rotatable bonds is 12. The van der Waals surface area contributed by atoms with E-state index < -0.39 is 12.2 Å². The molecular weight excluding hydrogens is 743 g/mol. The van der Waals surface area contributed by atoms with Crippen LogP contribution in [0.5, 0.6) is 28.7 Å². The summed E-state index contributed by atoms with van der Waals surface area (Å²) in [4.78, 5) is 4.31. The smallest absolute Gasteiger partial charge is 0.185 e. The predicted octanol–water partition coefficient (Wildman–Crippen LogP) is 7.87. The molecule has 10 unspecified atom stereocenters. The second-order valence-corrected chi connectivity index (χ2v) is 18.2. The number of fused-ring (bicyclic) bond motifs is 7. The van der Waals surface area contributed by atoms with E-state index in [0.29, 0.717) is 59.3 Å². The molecular formula is C49H63N3O7. The van der Waals surface area contributed by atoms with Gasteiger partial charge in [0.05, 0.1) is 13.2 Å². The molecule has 10 atom stereocenters. The first-order valence-corrected chi connectivity index (χ1v) is 21.9. The Bertz CT molecular complexity index is 2110. The number of aromatic hydroxyl groups is 2. The van der Waals surface area contributed by atoms with Gasteiger partial charge in [0.25, 0.3) is 0 Å². The number of ether oxygens (including phenoxy) is 3. The molecule has 1 aliphatic heterocycles. The highest BCUT2D eigenvalue weighted by Crippen LogP contribution is 2.56. The molecule has 1 heterocycles. The second kappa shape index (κ2) is 17.1. The molecule has 10 nitrogen and oxygen atoms in total. The number of aliphatic hydroxyl groups excluding tert-OH is 2. The summed E-state index contributed by atoms with van der Waals surface area (Å²) >= 11 is 0. The first-order valence-electron chi connectivity index (χ1n) is 21.9. The summed E-state index contributed by atoms with van der Waals surface area (Å²) in [5.74, 6) is 4.14. The molecule has 2 bridgehead atoms. The van der Waals surface area contributed by atoms with Gasteiger partial charge in [-0.2, -0.15) is 0 Å². The van der Waals surface area contributed by atoms with Crippen molar-refractivity contribution in [2.45, 2.75) is 103 Å². The molecule has 5 aliphatic rings. The minimum Gasteiger partial charge on any atom is -0.508 e. The molecule has 0 aromatic heterocycles. The molecule has 4 aliphatic carbocycles. The zero-order chi connectivity index (χ0) is 41.5. The minimum atomic E-state index is -0.879. The summed E-state index contributed by atoms with van der Waals surface area (Å²) in [5.41, 5.74) is 18.3. The predicted molar refractivity (Wildman–Crippen MR) is 231 cm³/mol. The van der Waals surface area contributed by atoms with Gasteiger partial charge in [0.1, 0.15) is 29.5 Å². The molecule has 8 N–H and O–H groups in total. The third-order valence-electron chi connectivity index (χ3n) is 14.1. The highest BCUT2D eigenvalue weighted by molar-refractivity contribution is 5.84. The normalized spacial score (nSPS) is 29.2. The lowest BCUT2D eigenvalue weighted by Gasteiger charge is -2.43. The van der Waals surface area contributed by atoms with Gasteiger partial charge in [-0.05, 0) is 120 Å². The molecule has 8 rings (SSSR count). The number of phenols is 2. The van der Waals surface area contributed by atoms with E-state index in [1.165, 1.54) is 0 Å². The highest BCUT2D eigenvalue weighted by atomic mass is 16.5. The number of aliphatic hydroxyl groups is 2. The van der Waals surface area contributed by atoms with E-state index in [1.54, 1.807) is 13.2 Å². The van der Waals surface area contributed by atoms with E-state index in [0.717, 1.165) is 84.7 Å². The number of methoxy groups -OCH3 is 1. The van der Waals surface area contributed by atoms with E-state index in [1.807, 2.05) is 24.3 Å². The largest absolute Gasteiger partial charge is 0.508 e. The second-order valence-electron chi connectivity index (χ2n) is 18.2. The average molecular weight is 806 g/mol. The fourth-order valence-electron chi connectivity index (χ4n) is 11.2. The molecule has 0 spiro atoms. The maximum atomic E-state index is 12.1. The molecule has 316 valence electrons. The third kappa shape index (κ3) is 8.02. The van der Waals surface area contributed by atoms with Gasteiger partial charge in [-0.1, -0.05) is 64.0 Å². The van der Waals surface area contributed by atoms with Crippen LogP contribution < -0.4 is 25.7 Å². The fourth-order valence-corrected chi connectivity index (χ4v) is 11.2. The van der Waals surface area contributed by atoms with Crippen LogP contribution >= 0.6 is 0 Å². The molecule has 0 radical (unpaired) electrons. The van der Waals surface area contributed by atoms with Gasteiger partial charge in [-0.3, -0.25) is 4.99 Å². The highest BCUT2D eigenvalue weighted by Gasteiger charge is 2.43. The van der Waals surface area contributed by atoms with Crippen LogP contribution in [0.1, 0.15) is 99.1 Å². The Balaban J connectivity index is 1.17. The number of benzene rings is 3. The Morgan fingerprint density at radius 3 is 2.49 bits per heavy atom. The van der Waals surface area contributed by atoms with Gasteiger partial charge < -0.3 is 46.1 Å². The van der Waals surface area contributed by atoms with Crippen LogP contribution in [0, 0.1) is 41.4 Å². The van der Waals surface area contributed by atoms with Gasteiger partial charge >= 0.3 is 0 Å². The summed E-state index contributed by atoms with van der Waals surface area (Å²) in [6, 6.07) is 11.4. The minimum absolute atomic E-state index is 0.0418. The maximum Gasteiger partial charge on any atom is 0.185 e. The number of hydrogen-bond donors (Lipinski definition) is 6. The van der Waals surface area contributed by atoms with Crippen molar-refractivity contribution in [2.24, 2.45) is 57.9 Å². The SMILES string of the molecule is CCC1CC(C2Cc3cc(O)c(CC(C)C)cc3-c3c(OC)cc4c(c32)CC(O)C(c2ccc(O)c(OC3C5C=CC(CN=C(N)N)C3CCC5)c2)O4)C=CC1CCO. The molecule has 1 saturated carbocycles. The van der Waals surface area contributed by atoms with Crippen LogP contribution in [0.4, 0.5) is 0 Å². The number of hydrogen-bond acceptors (Lipinski definition) is 8. The summed E-state index contributed by atoms with van der Waals surface area (Å²) in [7, 11) is 1.70. The number of guanidine groups is 1. The number of allylic oxidation sites excluding steroid dienone is 2. The van der Waals surface area contributed by atoms with Gasteiger partial charge in [-0.25, -0.2) is 0 Å². The van der Waals surface area contributed by atoms with Crippen molar-refractivity contribution in [3.05, 3.63) is 88.5 Å². The van der Waals surface area contributed by atoms with Crippen LogP contribution in [0.2, 0.25) is 0 Å². The van der Waals surface area contributed by atoms with Crippen LogP contribution in [0.25, 0.3) is 11.1 Å². The van der Waals surface area contributed by atoms with Crippen LogP contribution in [0.3, 0.4) is 0 Å². The topological polar surface area (TPSA) is 173 Å². The van der Waals surface area contributed by atoms with Crippen molar-refractivity contribution in [3.8, 4) is 39.9 Å². The van der Waals surface area contributed by atoms with Crippen molar-refractivity contribution in [1.29, 1.82) is 0 Å². The molecule has 1 fully saturated rings. The van der Waals surface area contributed by atoms with Crippen molar-refractivity contribution >= 4 is 5.96 Å². The average Bonchev–Trinajstić information content (AvgIpc) is 3.21. The molecule has 10 heteroatoms. The molecule has 0 saturated heterocycles. The van der Waals surface area contributed by atoms with Gasteiger partial charge in [0.2, 0.25) is 0 Å². The Morgan fingerprint density at radius 1 is 0.949 bits per heavy atom. The van der Waals surface area contributed by atoms with E-state index in [-0.39, 0.29) is 54.0 Å².